The number of cyclic esters (lactones) is 1. The summed E-state index contributed by atoms with van der Waals surface area (Å²) >= 11 is 6.02. The number of halogens is 1. The van der Waals surface area contributed by atoms with E-state index >= 15 is 0 Å². The zero-order valence-electron chi connectivity index (χ0n) is 9.47. The van der Waals surface area contributed by atoms with Crippen LogP contribution in [-0.2, 0) is 4.74 Å². The van der Waals surface area contributed by atoms with E-state index in [0.29, 0.717) is 17.1 Å². The van der Waals surface area contributed by atoms with Crippen LogP contribution in [0, 0.1) is 0 Å². The number of hydrogen-bond acceptors (Lipinski definition) is 3. The van der Waals surface area contributed by atoms with Gasteiger partial charge >= 0.3 is 6.09 Å². The largest absolute Gasteiger partial charge is 0.436 e. The highest BCUT2D eigenvalue weighted by Gasteiger charge is 2.41. The first-order valence-electron chi connectivity index (χ1n) is 5.55. The number of carbonyl (C=O) groups excluding carboxylic acids is 1. The molecule has 2 unspecified atom stereocenters. The van der Waals surface area contributed by atoms with Crippen molar-refractivity contribution in [3.05, 3.63) is 34.9 Å². The molecule has 92 valence electrons. The predicted octanol–water partition coefficient (Wildman–Crippen LogP) is 2.56. The molecule has 1 N–H and O–H groups in total. The second kappa shape index (κ2) is 4.94. The fraction of sp³-hybridized carbons (Fsp3) is 0.417. The molecule has 1 heterocycles. The molecule has 1 amide bonds. The number of nitrogens with zero attached hydrogens (tertiary/aromatic N) is 1. The van der Waals surface area contributed by atoms with Crippen LogP contribution in [0.4, 0.5) is 4.79 Å². The molecular weight excluding hydrogens is 242 g/mol. The van der Waals surface area contributed by atoms with Crippen molar-refractivity contribution in [2.75, 3.05) is 6.54 Å². The maximum absolute atomic E-state index is 11.6. The first-order chi connectivity index (χ1) is 8.15. The van der Waals surface area contributed by atoms with Crippen molar-refractivity contribution in [2.45, 2.75) is 25.7 Å². The van der Waals surface area contributed by atoms with Gasteiger partial charge in [0.1, 0.15) is 0 Å². The van der Waals surface area contributed by atoms with Gasteiger partial charge in [-0.05, 0) is 12.5 Å². The van der Waals surface area contributed by atoms with Gasteiger partial charge in [0, 0.05) is 17.1 Å². The normalized spacial score (nSPS) is 23.9. The molecule has 1 aliphatic rings. The lowest BCUT2D eigenvalue weighted by atomic mass is 10.1. The van der Waals surface area contributed by atoms with Crippen LogP contribution in [-0.4, -0.2) is 28.9 Å². The summed E-state index contributed by atoms with van der Waals surface area (Å²) in [5, 5.41) is 10.5. The van der Waals surface area contributed by atoms with Crippen molar-refractivity contribution in [1.82, 2.24) is 4.90 Å². The number of aliphatic hydroxyl groups excluding tert-OH is 1. The topological polar surface area (TPSA) is 49.8 Å². The highest BCUT2D eigenvalue weighted by atomic mass is 35.5. The Morgan fingerprint density at radius 3 is 2.82 bits per heavy atom. The summed E-state index contributed by atoms with van der Waals surface area (Å²) in [5.74, 6) is 0. The SMILES string of the molecule is CCCN1C(=O)OC(c2ccccc2Cl)C1O. The van der Waals surface area contributed by atoms with Gasteiger partial charge < -0.3 is 9.84 Å². The maximum atomic E-state index is 11.6. The van der Waals surface area contributed by atoms with E-state index < -0.39 is 18.4 Å². The van der Waals surface area contributed by atoms with Crippen LogP contribution in [0.25, 0.3) is 0 Å². The fourth-order valence-electron chi connectivity index (χ4n) is 1.90. The lowest BCUT2D eigenvalue weighted by Gasteiger charge is -2.19. The van der Waals surface area contributed by atoms with Crippen molar-refractivity contribution in [2.24, 2.45) is 0 Å². The predicted molar refractivity (Wildman–Crippen MR) is 63.7 cm³/mol. The Morgan fingerprint density at radius 2 is 2.18 bits per heavy atom. The fourth-order valence-corrected chi connectivity index (χ4v) is 2.15. The first-order valence-corrected chi connectivity index (χ1v) is 5.92. The molecule has 2 atom stereocenters. The minimum atomic E-state index is -0.970. The molecule has 1 fully saturated rings. The van der Waals surface area contributed by atoms with Gasteiger partial charge in [-0.25, -0.2) is 4.79 Å². The number of amides is 1. The third kappa shape index (κ3) is 2.23. The van der Waals surface area contributed by atoms with Crippen molar-refractivity contribution in [3.63, 3.8) is 0 Å². The maximum Gasteiger partial charge on any atom is 0.412 e. The summed E-state index contributed by atoms with van der Waals surface area (Å²) in [5.41, 5.74) is 0.633. The Labute approximate surface area is 105 Å². The van der Waals surface area contributed by atoms with E-state index in [4.69, 9.17) is 16.3 Å². The second-order valence-corrected chi connectivity index (χ2v) is 4.34. The molecule has 0 aromatic heterocycles. The zero-order chi connectivity index (χ0) is 12.4. The lowest BCUT2D eigenvalue weighted by Crippen LogP contribution is -2.34. The summed E-state index contributed by atoms with van der Waals surface area (Å²) in [6.07, 6.45) is -1.41. The van der Waals surface area contributed by atoms with Crippen LogP contribution in [0.1, 0.15) is 25.0 Å². The monoisotopic (exact) mass is 255 g/mol. The Balaban J connectivity index is 2.25. The van der Waals surface area contributed by atoms with E-state index in [1.54, 1.807) is 24.3 Å². The van der Waals surface area contributed by atoms with Gasteiger partial charge in [-0.3, -0.25) is 4.90 Å². The number of benzene rings is 1. The third-order valence-electron chi connectivity index (χ3n) is 2.73. The second-order valence-electron chi connectivity index (χ2n) is 3.93. The number of aliphatic hydroxyl groups is 1. The zero-order valence-corrected chi connectivity index (χ0v) is 10.2. The Bertz CT molecular complexity index is 424. The van der Waals surface area contributed by atoms with E-state index in [2.05, 4.69) is 0 Å². The Morgan fingerprint density at radius 1 is 1.47 bits per heavy atom. The van der Waals surface area contributed by atoms with Crippen molar-refractivity contribution >= 4 is 17.7 Å². The summed E-state index contributed by atoms with van der Waals surface area (Å²) in [6, 6.07) is 7.04. The summed E-state index contributed by atoms with van der Waals surface area (Å²) < 4.78 is 5.16. The lowest BCUT2D eigenvalue weighted by molar-refractivity contribution is 0.0136. The molecule has 0 aliphatic carbocycles. The van der Waals surface area contributed by atoms with Gasteiger partial charge in [-0.15, -0.1) is 0 Å². The standard InChI is InChI=1S/C12H14ClNO3/c1-2-7-14-11(15)10(17-12(14)16)8-5-3-4-6-9(8)13/h3-6,10-11,15H,2,7H2,1H3. The molecule has 17 heavy (non-hydrogen) atoms. The average molecular weight is 256 g/mol. The Kier molecular flexibility index (Phi) is 3.54. The quantitative estimate of drug-likeness (QED) is 0.903. The van der Waals surface area contributed by atoms with E-state index in [9.17, 15) is 9.90 Å². The molecule has 1 aromatic carbocycles. The molecular formula is C12H14ClNO3. The third-order valence-corrected chi connectivity index (χ3v) is 3.07. The highest BCUT2D eigenvalue weighted by molar-refractivity contribution is 6.31. The number of ether oxygens (including phenoxy) is 1. The van der Waals surface area contributed by atoms with Gasteiger partial charge in [-0.2, -0.15) is 0 Å². The van der Waals surface area contributed by atoms with Gasteiger partial charge in [0.2, 0.25) is 0 Å². The van der Waals surface area contributed by atoms with Crippen LogP contribution >= 0.6 is 11.6 Å². The molecule has 1 aliphatic heterocycles. The van der Waals surface area contributed by atoms with Crippen molar-refractivity contribution < 1.29 is 14.6 Å². The van der Waals surface area contributed by atoms with Crippen LogP contribution in [0.3, 0.4) is 0 Å². The molecule has 0 radical (unpaired) electrons. The molecule has 4 nitrogen and oxygen atoms in total. The van der Waals surface area contributed by atoms with Gasteiger partial charge in [0.25, 0.3) is 0 Å². The molecule has 0 bridgehead atoms. The number of carbonyl (C=O) groups is 1. The molecule has 2 rings (SSSR count). The smallest absolute Gasteiger partial charge is 0.412 e. The summed E-state index contributed by atoms with van der Waals surface area (Å²) in [7, 11) is 0. The van der Waals surface area contributed by atoms with Gasteiger partial charge in [-0.1, -0.05) is 36.7 Å². The van der Waals surface area contributed by atoms with Crippen LogP contribution in [0.15, 0.2) is 24.3 Å². The van der Waals surface area contributed by atoms with Crippen molar-refractivity contribution in [1.29, 1.82) is 0 Å². The molecule has 5 heteroatoms. The van der Waals surface area contributed by atoms with Gasteiger partial charge in [0.05, 0.1) is 0 Å². The van der Waals surface area contributed by atoms with Crippen LogP contribution < -0.4 is 0 Å². The number of hydrogen-bond donors (Lipinski definition) is 1. The molecule has 0 saturated carbocycles. The number of rotatable bonds is 3. The van der Waals surface area contributed by atoms with E-state index in [1.807, 2.05) is 6.92 Å². The highest BCUT2D eigenvalue weighted by Crippen LogP contribution is 2.34. The molecule has 1 aromatic rings. The molecule has 0 spiro atoms. The van der Waals surface area contributed by atoms with Crippen LogP contribution in [0.2, 0.25) is 5.02 Å². The summed E-state index contributed by atoms with van der Waals surface area (Å²) in [6.45, 7) is 2.41. The minimum absolute atomic E-state index is 0.473. The average Bonchev–Trinajstić information content (AvgIpc) is 2.58. The van der Waals surface area contributed by atoms with Gasteiger partial charge in [0.15, 0.2) is 12.3 Å². The summed E-state index contributed by atoms with van der Waals surface area (Å²) in [4.78, 5) is 12.9. The Hall–Kier alpha value is -1.26. The minimum Gasteiger partial charge on any atom is -0.436 e. The van der Waals surface area contributed by atoms with Crippen molar-refractivity contribution in [3.8, 4) is 0 Å². The first kappa shape index (κ1) is 12.2. The van der Waals surface area contributed by atoms with E-state index in [1.165, 1.54) is 4.90 Å². The van der Waals surface area contributed by atoms with Crippen LogP contribution in [0.5, 0.6) is 0 Å². The van der Waals surface area contributed by atoms with E-state index in [0.717, 1.165) is 6.42 Å². The molecule has 1 saturated heterocycles. The van der Waals surface area contributed by atoms with E-state index in [-0.39, 0.29) is 0 Å².